The lowest BCUT2D eigenvalue weighted by molar-refractivity contribution is 0.122. The van der Waals surface area contributed by atoms with Crippen LogP contribution in [0.3, 0.4) is 0 Å². The van der Waals surface area contributed by atoms with Gasteiger partial charge in [0.1, 0.15) is 0 Å². The summed E-state index contributed by atoms with van der Waals surface area (Å²) in [5.74, 6) is 0.797. The fourth-order valence-corrected chi connectivity index (χ4v) is 3.49. The molecule has 2 heteroatoms. The summed E-state index contributed by atoms with van der Waals surface area (Å²) < 4.78 is 0. The van der Waals surface area contributed by atoms with Gasteiger partial charge >= 0.3 is 0 Å². The zero-order valence-electron chi connectivity index (χ0n) is 14.0. The van der Waals surface area contributed by atoms with Crippen LogP contribution in [0.4, 0.5) is 0 Å². The third-order valence-corrected chi connectivity index (χ3v) is 4.86. The van der Waals surface area contributed by atoms with Crippen molar-refractivity contribution >= 4 is 0 Å². The van der Waals surface area contributed by atoms with Gasteiger partial charge < -0.3 is 10.0 Å². The van der Waals surface area contributed by atoms with E-state index in [9.17, 15) is 5.11 Å². The van der Waals surface area contributed by atoms with Crippen LogP contribution in [0.5, 0.6) is 0 Å². The molecule has 1 saturated heterocycles. The molecule has 2 unspecified atom stereocenters. The summed E-state index contributed by atoms with van der Waals surface area (Å²) >= 11 is 0. The minimum Gasteiger partial charge on any atom is -0.388 e. The standard InChI is InChI=1S/C21H27NO/c1-17-6-5-14-22(16-17)15-13-21(23)20-11-9-19(10-12-20)18-7-3-2-4-8-18/h2-4,7-12,17,21,23H,5-6,13-16H2,1H3. The normalized spacial score (nSPS) is 20.3. The van der Waals surface area contributed by atoms with Crippen LogP contribution >= 0.6 is 0 Å². The Morgan fingerprint density at radius 1 is 1.04 bits per heavy atom. The number of piperidine rings is 1. The fraction of sp³-hybridized carbons (Fsp3) is 0.429. The van der Waals surface area contributed by atoms with Gasteiger partial charge in [-0.05, 0) is 48.4 Å². The molecule has 3 rings (SSSR count). The molecule has 2 aromatic carbocycles. The van der Waals surface area contributed by atoms with E-state index in [2.05, 4.69) is 60.4 Å². The summed E-state index contributed by atoms with van der Waals surface area (Å²) in [6.45, 7) is 5.68. The minimum atomic E-state index is -0.364. The van der Waals surface area contributed by atoms with Gasteiger partial charge in [0.2, 0.25) is 0 Å². The van der Waals surface area contributed by atoms with Gasteiger partial charge in [-0.25, -0.2) is 0 Å². The summed E-state index contributed by atoms with van der Waals surface area (Å²) in [6.07, 6.45) is 3.09. The fourth-order valence-electron chi connectivity index (χ4n) is 3.49. The molecule has 1 aliphatic rings. The summed E-state index contributed by atoms with van der Waals surface area (Å²) in [4.78, 5) is 2.50. The molecule has 0 bridgehead atoms. The molecule has 23 heavy (non-hydrogen) atoms. The van der Waals surface area contributed by atoms with E-state index in [-0.39, 0.29) is 6.10 Å². The molecule has 0 radical (unpaired) electrons. The Bertz CT molecular complexity index is 593. The first-order chi connectivity index (χ1) is 11.2. The highest BCUT2D eigenvalue weighted by atomic mass is 16.3. The average molecular weight is 309 g/mol. The maximum atomic E-state index is 10.5. The van der Waals surface area contributed by atoms with Crippen molar-refractivity contribution in [3.8, 4) is 11.1 Å². The number of benzene rings is 2. The average Bonchev–Trinajstić information content (AvgIpc) is 2.61. The van der Waals surface area contributed by atoms with Crippen molar-refractivity contribution in [3.63, 3.8) is 0 Å². The van der Waals surface area contributed by atoms with Crippen molar-refractivity contribution in [1.82, 2.24) is 4.90 Å². The predicted molar refractivity (Wildman–Crippen MR) is 96.3 cm³/mol. The van der Waals surface area contributed by atoms with Gasteiger partial charge in [-0.1, -0.05) is 61.5 Å². The molecule has 0 saturated carbocycles. The van der Waals surface area contributed by atoms with Crippen molar-refractivity contribution in [2.45, 2.75) is 32.3 Å². The van der Waals surface area contributed by atoms with E-state index < -0.39 is 0 Å². The third kappa shape index (κ3) is 4.43. The van der Waals surface area contributed by atoms with Gasteiger partial charge in [-0.2, -0.15) is 0 Å². The second kappa shape index (κ2) is 7.76. The molecule has 0 aliphatic carbocycles. The Balaban J connectivity index is 1.56. The first kappa shape index (κ1) is 16.2. The maximum absolute atomic E-state index is 10.5. The molecule has 2 atom stereocenters. The Morgan fingerprint density at radius 2 is 1.74 bits per heavy atom. The summed E-state index contributed by atoms with van der Waals surface area (Å²) in [5.41, 5.74) is 3.44. The maximum Gasteiger partial charge on any atom is 0.0802 e. The van der Waals surface area contributed by atoms with Crippen LogP contribution in [-0.4, -0.2) is 29.6 Å². The van der Waals surface area contributed by atoms with Crippen molar-refractivity contribution in [1.29, 1.82) is 0 Å². The van der Waals surface area contributed by atoms with Crippen LogP contribution in [-0.2, 0) is 0 Å². The van der Waals surface area contributed by atoms with Crippen LogP contribution in [0.2, 0.25) is 0 Å². The molecule has 1 fully saturated rings. The van der Waals surface area contributed by atoms with E-state index in [1.165, 1.54) is 37.1 Å². The molecule has 1 heterocycles. The monoisotopic (exact) mass is 309 g/mol. The summed E-state index contributed by atoms with van der Waals surface area (Å²) in [7, 11) is 0. The molecular weight excluding hydrogens is 282 g/mol. The van der Waals surface area contributed by atoms with E-state index in [1.54, 1.807) is 0 Å². The van der Waals surface area contributed by atoms with Crippen molar-refractivity contribution < 1.29 is 5.11 Å². The third-order valence-electron chi connectivity index (χ3n) is 4.86. The van der Waals surface area contributed by atoms with Gasteiger partial charge in [-0.3, -0.25) is 0 Å². The number of aliphatic hydroxyl groups is 1. The first-order valence-corrected chi connectivity index (χ1v) is 8.78. The van der Waals surface area contributed by atoms with Crippen LogP contribution in [0.1, 0.15) is 37.9 Å². The smallest absolute Gasteiger partial charge is 0.0802 e. The Hall–Kier alpha value is -1.64. The predicted octanol–water partition coefficient (Wildman–Crippen LogP) is 4.51. The number of rotatable bonds is 5. The quantitative estimate of drug-likeness (QED) is 0.878. The second-order valence-electron chi connectivity index (χ2n) is 6.84. The Morgan fingerprint density at radius 3 is 2.43 bits per heavy atom. The number of hydrogen-bond donors (Lipinski definition) is 1. The Kier molecular flexibility index (Phi) is 5.47. The van der Waals surface area contributed by atoms with E-state index in [0.29, 0.717) is 0 Å². The molecule has 2 aromatic rings. The number of nitrogens with zero attached hydrogens (tertiary/aromatic N) is 1. The molecule has 1 aliphatic heterocycles. The lowest BCUT2D eigenvalue weighted by Crippen LogP contribution is -2.35. The minimum absolute atomic E-state index is 0.364. The van der Waals surface area contributed by atoms with Gasteiger partial charge in [0.25, 0.3) is 0 Å². The number of hydrogen-bond acceptors (Lipinski definition) is 2. The number of likely N-dealkylation sites (tertiary alicyclic amines) is 1. The molecular formula is C21H27NO. The van der Waals surface area contributed by atoms with Crippen LogP contribution in [0.15, 0.2) is 54.6 Å². The topological polar surface area (TPSA) is 23.5 Å². The highest BCUT2D eigenvalue weighted by molar-refractivity contribution is 5.63. The van der Waals surface area contributed by atoms with E-state index in [0.717, 1.165) is 24.4 Å². The lowest BCUT2D eigenvalue weighted by Gasteiger charge is -2.31. The van der Waals surface area contributed by atoms with Crippen molar-refractivity contribution in [2.75, 3.05) is 19.6 Å². The highest BCUT2D eigenvalue weighted by Gasteiger charge is 2.17. The molecule has 0 spiro atoms. The van der Waals surface area contributed by atoms with Gasteiger partial charge in [0.05, 0.1) is 6.10 Å². The van der Waals surface area contributed by atoms with Crippen LogP contribution in [0.25, 0.3) is 11.1 Å². The molecule has 0 aromatic heterocycles. The zero-order valence-corrected chi connectivity index (χ0v) is 14.0. The van der Waals surface area contributed by atoms with Gasteiger partial charge in [0, 0.05) is 13.1 Å². The second-order valence-corrected chi connectivity index (χ2v) is 6.84. The largest absolute Gasteiger partial charge is 0.388 e. The van der Waals surface area contributed by atoms with Crippen molar-refractivity contribution in [2.24, 2.45) is 5.92 Å². The van der Waals surface area contributed by atoms with Crippen LogP contribution in [0, 0.1) is 5.92 Å². The zero-order chi connectivity index (χ0) is 16.1. The summed E-state index contributed by atoms with van der Waals surface area (Å²) in [6, 6.07) is 18.7. The van der Waals surface area contributed by atoms with E-state index in [4.69, 9.17) is 0 Å². The van der Waals surface area contributed by atoms with E-state index >= 15 is 0 Å². The molecule has 0 amide bonds. The lowest BCUT2D eigenvalue weighted by atomic mass is 9.98. The van der Waals surface area contributed by atoms with Crippen molar-refractivity contribution in [3.05, 3.63) is 60.2 Å². The summed E-state index contributed by atoms with van der Waals surface area (Å²) in [5, 5.41) is 10.5. The Labute approximate surface area is 139 Å². The molecule has 1 N–H and O–H groups in total. The molecule has 2 nitrogen and oxygen atoms in total. The van der Waals surface area contributed by atoms with Gasteiger partial charge in [0.15, 0.2) is 0 Å². The van der Waals surface area contributed by atoms with E-state index in [1.807, 2.05) is 6.07 Å². The van der Waals surface area contributed by atoms with Gasteiger partial charge in [-0.15, -0.1) is 0 Å². The molecule has 122 valence electrons. The SMILES string of the molecule is CC1CCCN(CCC(O)c2ccc(-c3ccccc3)cc2)C1. The highest BCUT2D eigenvalue weighted by Crippen LogP contribution is 2.24. The van der Waals surface area contributed by atoms with Crippen LogP contribution < -0.4 is 0 Å². The number of aliphatic hydroxyl groups excluding tert-OH is 1. The first-order valence-electron chi connectivity index (χ1n) is 8.78.